The second-order valence-electron chi connectivity index (χ2n) is 13.7. The topological polar surface area (TPSA) is 97.7 Å². The molecule has 4 aliphatic rings. The number of hydrogen-bond acceptors (Lipinski definition) is 5. The first kappa shape index (κ1) is 26.3. The quantitative estimate of drug-likeness (QED) is 0.516. The Bertz CT molecular complexity index is 937. The molecule has 0 amide bonds. The summed E-state index contributed by atoms with van der Waals surface area (Å²) in [6.45, 7) is 14.4. The lowest BCUT2D eigenvalue weighted by atomic mass is 9.37. The molecule has 6 heteroatoms. The van der Waals surface area contributed by atoms with Crippen LogP contribution in [0, 0.1) is 51.2 Å². The minimum Gasteiger partial charge on any atom is -0.481 e. The number of carbonyl (C=O) groups excluding carboxylic acids is 3. The van der Waals surface area contributed by atoms with Gasteiger partial charge >= 0.3 is 11.9 Å². The van der Waals surface area contributed by atoms with E-state index in [-0.39, 0.29) is 81.3 Å². The molecular weight excluding hydrogens is 444 g/mol. The van der Waals surface area contributed by atoms with Crippen molar-refractivity contribution in [3.05, 3.63) is 0 Å². The Morgan fingerprint density at radius 1 is 1.00 bits per heavy atom. The Kier molecular flexibility index (Phi) is 6.33. The minimum atomic E-state index is -0.782. The van der Waals surface area contributed by atoms with Crippen molar-refractivity contribution in [2.24, 2.45) is 51.2 Å². The highest BCUT2D eigenvalue weighted by Gasteiger charge is 2.72. The largest absolute Gasteiger partial charge is 0.481 e. The summed E-state index contributed by atoms with van der Waals surface area (Å²) in [5, 5.41) is 9.20. The van der Waals surface area contributed by atoms with Gasteiger partial charge in [-0.25, -0.2) is 0 Å². The Morgan fingerprint density at radius 2 is 1.66 bits per heavy atom. The van der Waals surface area contributed by atoms with Crippen LogP contribution in [0.3, 0.4) is 0 Å². The van der Waals surface area contributed by atoms with Gasteiger partial charge in [0.2, 0.25) is 0 Å². The Morgan fingerprint density at radius 3 is 2.26 bits per heavy atom. The van der Waals surface area contributed by atoms with E-state index in [0.717, 1.165) is 19.3 Å². The van der Waals surface area contributed by atoms with Crippen LogP contribution in [0.25, 0.3) is 0 Å². The molecule has 4 unspecified atom stereocenters. The van der Waals surface area contributed by atoms with Gasteiger partial charge in [0, 0.05) is 43.4 Å². The second-order valence-corrected chi connectivity index (χ2v) is 13.7. The molecule has 35 heavy (non-hydrogen) atoms. The smallest absolute Gasteiger partial charge is 0.303 e. The number of ether oxygens (including phenoxy) is 1. The van der Waals surface area contributed by atoms with Crippen molar-refractivity contribution in [1.82, 2.24) is 0 Å². The SMILES string of the molecule is CC(=O)O[C@H]1CC[C@]2(C)C3C(=O)C[C@@]4(C)[C@H](C(C)CCC(=O)O)CC[C@]4(C)C3C(=O)CC2C1(C)C. The number of carboxylic acids is 1. The van der Waals surface area contributed by atoms with E-state index in [0.29, 0.717) is 25.7 Å². The lowest BCUT2D eigenvalue weighted by Crippen LogP contribution is -2.67. The van der Waals surface area contributed by atoms with Gasteiger partial charge in [-0.05, 0) is 66.1 Å². The molecule has 0 aromatic heterocycles. The molecule has 0 spiro atoms. The number of hydrogen-bond donors (Lipinski definition) is 1. The van der Waals surface area contributed by atoms with Gasteiger partial charge in [-0.3, -0.25) is 19.2 Å². The lowest BCUT2D eigenvalue weighted by molar-refractivity contribution is -0.206. The van der Waals surface area contributed by atoms with Crippen LogP contribution in [0.4, 0.5) is 0 Å². The molecule has 0 radical (unpaired) electrons. The van der Waals surface area contributed by atoms with Crippen LogP contribution in [0.15, 0.2) is 0 Å². The number of aliphatic carboxylic acids is 1. The molecule has 4 fully saturated rings. The third-order valence-corrected chi connectivity index (χ3v) is 11.7. The van der Waals surface area contributed by atoms with E-state index >= 15 is 0 Å². The molecule has 0 aliphatic heterocycles. The van der Waals surface area contributed by atoms with Crippen LogP contribution in [-0.4, -0.2) is 34.7 Å². The normalized spacial score (nSPS) is 45.2. The fourth-order valence-corrected chi connectivity index (χ4v) is 9.78. The van der Waals surface area contributed by atoms with Gasteiger partial charge in [0.25, 0.3) is 0 Å². The molecule has 0 saturated heterocycles. The third kappa shape index (κ3) is 3.71. The number of carboxylic acid groups (broad SMARTS) is 1. The van der Waals surface area contributed by atoms with Gasteiger partial charge in [0.05, 0.1) is 0 Å². The molecule has 4 rings (SSSR count). The van der Waals surface area contributed by atoms with Crippen molar-refractivity contribution in [2.45, 2.75) is 106 Å². The Hall–Kier alpha value is -1.72. The number of rotatable bonds is 5. The molecule has 0 bridgehead atoms. The number of Topliss-reactive ketones (excluding diaryl/α,β-unsaturated/α-hetero) is 2. The average molecular weight is 489 g/mol. The molecule has 4 saturated carbocycles. The summed E-state index contributed by atoms with van der Waals surface area (Å²) in [6.07, 6.45) is 4.75. The summed E-state index contributed by atoms with van der Waals surface area (Å²) in [7, 11) is 0. The Labute approximate surface area is 209 Å². The van der Waals surface area contributed by atoms with E-state index in [1.54, 1.807) is 0 Å². The van der Waals surface area contributed by atoms with Crippen molar-refractivity contribution in [2.75, 3.05) is 0 Å². The van der Waals surface area contributed by atoms with E-state index in [2.05, 4.69) is 41.5 Å². The van der Waals surface area contributed by atoms with Gasteiger partial charge in [-0.15, -0.1) is 0 Å². The molecule has 0 aromatic rings. The van der Waals surface area contributed by atoms with E-state index in [9.17, 15) is 24.3 Å². The maximum Gasteiger partial charge on any atom is 0.303 e. The van der Waals surface area contributed by atoms with E-state index < -0.39 is 5.97 Å². The molecule has 1 N–H and O–H groups in total. The van der Waals surface area contributed by atoms with Gasteiger partial charge in [-0.2, -0.15) is 0 Å². The van der Waals surface area contributed by atoms with Crippen LogP contribution in [0.5, 0.6) is 0 Å². The number of fused-ring (bicyclic) bond motifs is 5. The zero-order valence-electron chi connectivity index (χ0n) is 22.6. The van der Waals surface area contributed by atoms with Crippen LogP contribution in [-0.2, 0) is 23.9 Å². The van der Waals surface area contributed by atoms with E-state index in [1.165, 1.54) is 6.92 Å². The van der Waals surface area contributed by atoms with Gasteiger partial charge in [0.1, 0.15) is 17.7 Å². The maximum absolute atomic E-state index is 14.1. The highest BCUT2D eigenvalue weighted by Crippen LogP contribution is 2.73. The first-order valence-electron chi connectivity index (χ1n) is 13.5. The summed E-state index contributed by atoms with van der Waals surface area (Å²) in [4.78, 5) is 51.1. The van der Waals surface area contributed by atoms with Crippen molar-refractivity contribution in [3.8, 4) is 0 Å². The average Bonchev–Trinajstić information content (AvgIpc) is 3.00. The summed E-state index contributed by atoms with van der Waals surface area (Å²) < 4.78 is 5.71. The number of carbonyl (C=O) groups is 4. The third-order valence-electron chi connectivity index (χ3n) is 11.7. The summed E-state index contributed by atoms with van der Waals surface area (Å²) >= 11 is 0. The van der Waals surface area contributed by atoms with Crippen molar-refractivity contribution in [3.63, 3.8) is 0 Å². The summed E-state index contributed by atoms with van der Waals surface area (Å²) in [5.74, 6) is -0.804. The predicted octanol–water partition coefficient (Wildman–Crippen LogP) is 5.46. The van der Waals surface area contributed by atoms with Gasteiger partial charge in [-0.1, -0.05) is 41.5 Å². The maximum atomic E-state index is 14.1. The van der Waals surface area contributed by atoms with Crippen molar-refractivity contribution >= 4 is 23.5 Å². The van der Waals surface area contributed by atoms with Gasteiger partial charge in [0.15, 0.2) is 0 Å². The number of esters is 1. The highest BCUT2D eigenvalue weighted by atomic mass is 16.5. The lowest BCUT2D eigenvalue weighted by Gasteiger charge is -2.65. The summed E-state index contributed by atoms with van der Waals surface area (Å²) in [6, 6.07) is 0. The fourth-order valence-electron chi connectivity index (χ4n) is 9.78. The fraction of sp³-hybridized carbons (Fsp3) is 0.862. The van der Waals surface area contributed by atoms with E-state index in [1.807, 2.05) is 0 Å². The molecule has 196 valence electrons. The van der Waals surface area contributed by atoms with Crippen LogP contribution < -0.4 is 0 Å². The van der Waals surface area contributed by atoms with Crippen LogP contribution >= 0.6 is 0 Å². The first-order valence-corrected chi connectivity index (χ1v) is 13.5. The molecule has 0 heterocycles. The summed E-state index contributed by atoms with van der Waals surface area (Å²) in [5.41, 5.74) is -1.25. The molecular formula is C29H44O6. The monoisotopic (exact) mass is 488 g/mol. The van der Waals surface area contributed by atoms with Crippen LogP contribution in [0.2, 0.25) is 0 Å². The first-order chi connectivity index (χ1) is 16.1. The molecule has 9 atom stereocenters. The zero-order valence-corrected chi connectivity index (χ0v) is 22.6. The highest BCUT2D eigenvalue weighted by molar-refractivity contribution is 5.95. The van der Waals surface area contributed by atoms with Crippen molar-refractivity contribution < 1.29 is 29.0 Å². The van der Waals surface area contributed by atoms with Crippen LogP contribution in [0.1, 0.15) is 99.8 Å². The molecule has 0 aromatic carbocycles. The van der Waals surface area contributed by atoms with Gasteiger partial charge < -0.3 is 9.84 Å². The second kappa shape index (κ2) is 8.41. The minimum absolute atomic E-state index is 0.00885. The van der Waals surface area contributed by atoms with Crippen molar-refractivity contribution in [1.29, 1.82) is 0 Å². The molecule has 6 nitrogen and oxygen atoms in total. The number of ketones is 2. The Balaban J connectivity index is 1.70. The van der Waals surface area contributed by atoms with E-state index in [4.69, 9.17) is 4.74 Å². The predicted molar refractivity (Wildman–Crippen MR) is 131 cm³/mol. The standard InChI is InChI=1S/C29H44O6/c1-16(8-9-23(33)34)18-10-13-28(6)25-19(31)14-21-26(3,4)22(35-17(2)30)11-12-27(21,5)24(25)20(32)15-29(18,28)7/h16,18,21-22,24-25H,8-15H2,1-7H3,(H,33,34)/t16?,18-,21?,22-,24?,25?,27-,28+,29-/m0/s1. The zero-order chi connectivity index (χ0) is 26.1. The molecule has 4 aliphatic carbocycles.